The van der Waals surface area contributed by atoms with Crippen LogP contribution in [-0.2, 0) is 4.79 Å². The molecule has 0 aliphatic carbocycles. The second kappa shape index (κ2) is 6.35. The van der Waals surface area contributed by atoms with Crippen molar-refractivity contribution in [3.8, 4) is 0 Å². The Hall–Kier alpha value is -1.26. The van der Waals surface area contributed by atoms with Crippen LogP contribution in [-0.4, -0.2) is 54.5 Å². The molecular formula is C11H21N3O2. The molecule has 0 bridgehead atoms. The van der Waals surface area contributed by atoms with E-state index < -0.39 is 0 Å². The van der Waals surface area contributed by atoms with E-state index in [0.717, 1.165) is 6.42 Å². The van der Waals surface area contributed by atoms with Gasteiger partial charge in [0.2, 0.25) is 5.91 Å². The standard InChI is InChI=1S/C11H21N3O2/c1-3-5-12-11(16)14-8-6-13(7-9-14)10(15)4-2/h3-9H2,1-2H3,(H,12,16). The third-order valence-electron chi connectivity index (χ3n) is 2.75. The Morgan fingerprint density at radius 2 is 1.62 bits per heavy atom. The van der Waals surface area contributed by atoms with Gasteiger partial charge in [-0.15, -0.1) is 0 Å². The predicted octanol–water partition coefficient (Wildman–Crippen LogP) is 0.660. The Labute approximate surface area is 96.8 Å². The van der Waals surface area contributed by atoms with Crippen LogP contribution in [0, 0.1) is 0 Å². The molecule has 92 valence electrons. The van der Waals surface area contributed by atoms with Crippen molar-refractivity contribution in [1.29, 1.82) is 0 Å². The second-order valence-corrected chi connectivity index (χ2v) is 3.95. The van der Waals surface area contributed by atoms with Crippen molar-refractivity contribution in [3.63, 3.8) is 0 Å². The minimum Gasteiger partial charge on any atom is -0.339 e. The van der Waals surface area contributed by atoms with Gasteiger partial charge in [-0.05, 0) is 6.42 Å². The van der Waals surface area contributed by atoms with Gasteiger partial charge in [-0.25, -0.2) is 4.79 Å². The first-order valence-electron chi connectivity index (χ1n) is 5.99. The molecule has 0 aromatic rings. The molecule has 1 heterocycles. The molecule has 0 radical (unpaired) electrons. The summed E-state index contributed by atoms with van der Waals surface area (Å²) in [5.74, 6) is 0.175. The number of hydrogen-bond acceptors (Lipinski definition) is 2. The van der Waals surface area contributed by atoms with E-state index in [1.165, 1.54) is 0 Å². The molecule has 16 heavy (non-hydrogen) atoms. The molecule has 1 saturated heterocycles. The number of carbonyl (C=O) groups is 2. The molecule has 0 unspecified atom stereocenters. The van der Waals surface area contributed by atoms with Crippen molar-refractivity contribution >= 4 is 11.9 Å². The van der Waals surface area contributed by atoms with Crippen molar-refractivity contribution < 1.29 is 9.59 Å². The largest absolute Gasteiger partial charge is 0.339 e. The van der Waals surface area contributed by atoms with Crippen LogP contribution in [0.25, 0.3) is 0 Å². The van der Waals surface area contributed by atoms with Crippen molar-refractivity contribution in [2.75, 3.05) is 32.7 Å². The molecule has 1 aliphatic heterocycles. The maximum absolute atomic E-state index is 11.6. The second-order valence-electron chi connectivity index (χ2n) is 3.95. The van der Waals surface area contributed by atoms with Crippen molar-refractivity contribution in [2.45, 2.75) is 26.7 Å². The van der Waals surface area contributed by atoms with E-state index in [-0.39, 0.29) is 11.9 Å². The van der Waals surface area contributed by atoms with Crippen molar-refractivity contribution in [1.82, 2.24) is 15.1 Å². The first-order chi connectivity index (χ1) is 7.69. The first kappa shape index (κ1) is 12.8. The molecule has 0 spiro atoms. The number of carbonyl (C=O) groups excluding carboxylic acids is 2. The van der Waals surface area contributed by atoms with Gasteiger partial charge in [-0.2, -0.15) is 0 Å². The highest BCUT2D eigenvalue weighted by molar-refractivity contribution is 5.77. The Bertz CT molecular complexity index is 248. The molecular weight excluding hydrogens is 206 g/mol. The number of nitrogens with one attached hydrogen (secondary N) is 1. The Morgan fingerprint density at radius 1 is 1.06 bits per heavy atom. The van der Waals surface area contributed by atoms with Crippen LogP contribution in [0.15, 0.2) is 0 Å². The Kier molecular flexibility index (Phi) is 5.08. The van der Waals surface area contributed by atoms with E-state index in [2.05, 4.69) is 5.32 Å². The summed E-state index contributed by atoms with van der Waals surface area (Å²) in [7, 11) is 0. The lowest BCUT2D eigenvalue weighted by molar-refractivity contribution is -0.132. The van der Waals surface area contributed by atoms with E-state index in [0.29, 0.717) is 39.1 Å². The molecule has 5 heteroatoms. The summed E-state index contributed by atoms with van der Waals surface area (Å²) >= 11 is 0. The maximum atomic E-state index is 11.6. The maximum Gasteiger partial charge on any atom is 0.317 e. The summed E-state index contributed by atoms with van der Waals surface area (Å²) in [5, 5.41) is 2.84. The SMILES string of the molecule is CCCNC(=O)N1CCN(C(=O)CC)CC1. The summed E-state index contributed by atoms with van der Waals surface area (Å²) in [5.41, 5.74) is 0. The van der Waals surface area contributed by atoms with Crippen LogP contribution in [0.5, 0.6) is 0 Å². The minimum absolute atomic E-state index is 0.00884. The van der Waals surface area contributed by atoms with E-state index in [1.807, 2.05) is 18.7 Å². The summed E-state index contributed by atoms with van der Waals surface area (Å²) in [6.45, 7) is 7.20. The number of rotatable bonds is 3. The Morgan fingerprint density at radius 3 is 2.12 bits per heavy atom. The molecule has 1 aliphatic rings. The van der Waals surface area contributed by atoms with Gasteiger partial charge < -0.3 is 15.1 Å². The number of piperazine rings is 1. The average Bonchev–Trinajstić information content (AvgIpc) is 2.35. The number of nitrogens with zero attached hydrogens (tertiary/aromatic N) is 2. The molecule has 0 aromatic carbocycles. The lowest BCUT2D eigenvalue weighted by Gasteiger charge is -2.34. The molecule has 1 rings (SSSR count). The van der Waals surface area contributed by atoms with Crippen LogP contribution >= 0.6 is 0 Å². The zero-order chi connectivity index (χ0) is 12.0. The number of hydrogen-bond donors (Lipinski definition) is 1. The molecule has 0 aromatic heterocycles. The van der Waals surface area contributed by atoms with Crippen LogP contribution in [0.4, 0.5) is 4.79 Å². The molecule has 0 atom stereocenters. The van der Waals surface area contributed by atoms with Crippen LogP contribution in [0.1, 0.15) is 26.7 Å². The first-order valence-corrected chi connectivity index (χ1v) is 5.99. The third-order valence-corrected chi connectivity index (χ3v) is 2.75. The van der Waals surface area contributed by atoms with Gasteiger partial charge in [0, 0.05) is 39.1 Å². The van der Waals surface area contributed by atoms with Gasteiger partial charge in [0.05, 0.1) is 0 Å². The van der Waals surface area contributed by atoms with Gasteiger partial charge in [0.25, 0.3) is 0 Å². The summed E-state index contributed by atoms with van der Waals surface area (Å²) in [4.78, 5) is 26.6. The fraction of sp³-hybridized carbons (Fsp3) is 0.818. The smallest absolute Gasteiger partial charge is 0.317 e. The lowest BCUT2D eigenvalue weighted by Crippen LogP contribution is -2.53. The topological polar surface area (TPSA) is 52.7 Å². The highest BCUT2D eigenvalue weighted by Crippen LogP contribution is 2.03. The van der Waals surface area contributed by atoms with E-state index in [9.17, 15) is 9.59 Å². The monoisotopic (exact) mass is 227 g/mol. The van der Waals surface area contributed by atoms with Crippen molar-refractivity contribution in [2.24, 2.45) is 0 Å². The summed E-state index contributed by atoms with van der Waals surface area (Å²) < 4.78 is 0. The summed E-state index contributed by atoms with van der Waals surface area (Å²) in [6.07, 6.45) is 1.49. The quantitative estimate of drug-likeness (QED) is 0.770. The normalized spacial score (nSPS) is 16.1. The number of amides is 3. The van der Waals surface area contributed by atoms with Gasteiger partial charge in [0.15, 0.2) is 0 Å². The van der Waals surface area contributed by atoms with E-state index in [1.54, 1.807) is 4.90 Å². The fourth-order valence-corrected chi connectivity index (χ4v) is 1.73. The van der Waals surface area contributed by atoms with E-state index >= 15 is 0 Å². The highest BCUT2D eigenvalue weighted by Gasteiger charge is 2.22. The van der Waals surface area contributed by atoms with Crippen molar-refractivity contribution in [3.05, 3.63) is 0 Å². The van der Waals surface area contributed by atoms with Crippen LogP contribution in [0.2, 0.25) is 0 Å². The van der Waals surface area contributed by atoms with Gasteiger partial charge >= 0.3 is 6.03 Å². The molecule has 3 amide bonds. The average molecular weight is 227 g/mol. The Balaban J connectivity index is 2.31. The lowest BCUT2D eigenvalue weighted by atomic mass is 10.3. The van der Waals surface area contributed by atoms with E-state index in [4.69, 9.17) is 0 Å². The van der Waals surface area contributed by atoms with Crippen LogP contribution in [0.3, 0.4) is 0 Å². The highest BCUT2D eigenvalue weighted by atomic mass is 16.2. The molecule has 0 saturated carbocycles. The minimum atomic E-state index is -0.00884. The zero-order valence-electron chi connectivity index (χ0n) is 10.2. The molecule has 1 fully saturated rings. The fourth-order valence-electron chi connectivity index (χ4n) is 1.73. The molecule has 1 N–H and O–H groups in total. The van der Waals surface area contributed by atoms with Crippen LogP contribution < -0.4 is 5.32 Å². The zero-order valence-corrected chi connectivity index (χ0v) is 10.2. The number of urea groups is 1. The van der Waals surface area contributed by atoms with Gasteiger partial charge in [0.1, 0.15) is 0 Å². The molecule has 5 nitrogen and oxygen atoms in total. The summed E-state index contributed by atoms with van der Waals surface area (Å²) in [6, 6.07) is -0.00884. The third kappa shape index (κ3) is 3.40. The van der Waals surface area contributed by atoms with Gasteiger partial charge in [-0.3, -0.25) is 4.79 Å². The van der Waals surface area contributed by atoms with Gasteiger partial charge in [-0.1, -0.05) is 13.8 Å². The predicted molar refractivity (Wildman–Crippen MR) is 62.1 cm³/mol.